The van der Waals surface area contributed by atoms with Gasteiger partial charge in [-0.25, -0.2) is 0 Å². The lowest BCUT2D eigenvalue weighted by atomic mass is 10.4. The zero-order chi connectivity index (χ0) is 21.4. The van der Waals surface area contributed by atoms with Crippen molar-refractivity contribution in [3.8, 4) is 0 Å². The van der Waals surface area contributed by atoms with Gasteiger partial charge in [-0.2, -0.15) is 0 Å². The average Bonchev–Trinajstić information content (AvgIpc) is 2.31. The van der Waals surface area contributed by atoms with Crippen molar-refractivity contribution in [1.82, 2.24) is 5.32 Å². The van der Waals surface area contributed by atoms with Gasteiger partial charge in [-0.15, -0.1) is 0 Å². The number of carboxylic acid groups (broad SMARTS) is 5. The maximum absolute atomic E-state index is 9.89. The van der Waals surface area contributed by atoms with Crippen LogP contribution in [0.3, 0.4) is 0 Å². The van der Waals surface area contributed by atoms with Crippen LogP contribution < -0.4 is 11.1 Å². The standard InChI is InChI=1S/C5H12N2O2.4C2H4O2/c6-2-4-7-3-1-5(8)9;4*1-2(3)4/h7H,1-4,6H2,(H,8,9);4*1H3,(H,3,4). The molecule has 25 heavy (non-hydrogen) atoms. The molecule has 0 aromatic rings. The van der Waals surface area contributed by atoms with E-state index >= 15 is 0 Å². The van der Waals surface area contributed by atoms with Gasteiger partial charge in [0.1, 0.15) is 0 Å². The quantitative estimate of drug-likeness (QED) is 0.299. The zero-order valence-electron chi connectivity index (χ0n) is 14.7. The van der Waals surface area contributed by atoms with Crippen LogP contribution in [-0.4, -0.2) is 75.0 Å². The van der Waals surface area contributed by atoms with Crippen LogP contribution in [0.25, 0.3) is 0 Å². The van der Waals surface area contributed by atoms with Crippen LogP contribution in [-0.2, 0) is 24.0 Å². The molecule has 0 amide bonds. The molecule has 0 radical (unpaired) electrons. The van der Waals surface area contributed by atoms with Crippen LogP contribution in [0, 0.1) is 0 Å². The molecular formula is C13H28N2O10. The first-order valence-electron chi connectivity index (χ1n) is 6.61. The van der Waals surface area contributed by atoms with E-state index in [0.717, 1.165) is 27.7 Å². The summed E-state index contributed by atoms with van der Waals surface area (Å²) < 4.78 is 0. The van der Waals surface area contributed by atoms with Crippen molar-refractivity contribution in [3.63, 3.8) is 0 Å². The summed E-state index contributed by atoms with van der Waals surface area (Å²) in [5.41, 5.74) is 5.14. The predicted octanol–water partition coefficient (Wildman–Crippen LogP) is -0.627. The summed E-state index contributed by atoms with van der Waals surface area (Å²) in [6.45, 7) is 6.08. The summed E-state index contributed by atoms with van der Waals surface area (Å²) in [4.78, 5) is 45.9. The maximum Gasteiger partial charge on any atom is 0.304 e. The number of hydrogen-bond acceptors (Lipinski definition) is 7. The lowest BCUT2D eigenvalue weighted by molar-refractivity contribution is -0.137. The highest BCUT2D eigenvalue weighted by molar-refractivity contribution is 5.66. The van der Waals surface area contributed by atoms with Gasteiger partial charge in [0.15, 0.2) is 0 Å². The molecule has 12 heteroatoms. The highest BCUT2D eigenvalue weighted by atomic mass is 16.4. The summed E-state index contributed by atoms with van der Waals surface area (Å²) in [6.07, 6.45) is 0.167. The Bertz CT molecular complexity index is 308. The Morgan fingerprint density at radius 1 is 0.680 bits per heavy atom. The van der Waals surface area contributed by atoms with E-state index in [1.165, 1.54) is 0 Å². The van der Waals surface area contributed by atoms with Gasteiger partial charge in [-0.05, 0) is 0 Å². The summed E-state index contributed by atoms with van der Waals surface area (Å²) in [5, 5.41) is 40.7. The second kappa shape index (κ2) is 29.3. The fraction of sp³-hybridized carbons (Fsp3) is 0.615. The number of rotatable bonds is 5. The zero-order valence-corrected chi connectivity index (χ0v) is 14.7. The molecule has 150 valence electrons. The van der Waals surface area contributed by atoms with Crippen molar-refractivity contribution in [1.29, 1.82) is 0 Å². The van der Waals surface area contributed by atoms with E-state index in [9.17, 15) is 4.79 Å². The van der Waals surface area contributed by atoms with E-state index in [4.69, 9.17) is 50.4 Å². The van der Waals surface area contributed by atoms with Crippen LogP contribution in [0.4, 0.5) is 0 Å². The lowest BCUT2D eigenvalue weighted by Gasteiger charge is -1.97. The van der Waals surface area contributed by atoms with Crippen molar-refractivity contribution in [2.75, 3.05) is 19.6 Å². The molecule has 0 spiro atoms. The molecule has 12 nitrogen and oxygen atoms in total. The third-order valence-electron chi connectivity index (χ3n) is 0.837. The van der Waals surface area contributed by atoms with Crippen molar-refractivity contribution in [2.24, 2.45) is 5.73 Å². The van der Waals surface area contributed by atoms with Crippen molar-refractivity contribution in [3.05, 3.63) is 0 Å². The van der Waals surface area contributed by atoms with E-state index in [2.05, 4.69) is 5.32 Å². The van der Waals surface area contributed by atoms with E-state index < -0.39 is 29.8 Å². The van der Waals surface area contributed by atoms with Gasteiger partial charge >= 0.3 is 5.97 Å². The minimum absolute atomic E-state index is 0.167. The lowest BCUT2D eigenvalue weighted by Crippen LogP contribution is -2.24. The van der Waals surface area contributed by atoms with Gasteiger partial charge in [0.05, 0.1) is 6.42 Å². The van der Waals surface area contributed by atoms with Gasteiger partial charge in [-0.1, -0.05) is 0 Å². The summed E-state index contributed by atoms with van der Waals surface area (Å²) >= 11 is 0. The Balaban J connectivity index is -0.0000000714. The molecule has 0 aliphatic rings. The van der Waals surface area contributed by atoms with E-state index in [-0.39, 0.29) is 6.42 Å². The molecule has 8 N–H and O–H groups in total. The van der Waals surface area contributed by atoms with Gasteiger partial charge in [-0.3, -0.25) is 24.0 Å². The van der Waals surface area contributed by atoms with Gasteiger partial charge in [0.25, 0.3) is 23.9 Å². The first-order chi connectivity index (χ1) is 11.2. The van der Waals surface area contributed by atoms with Crippen LogP contribution in [0.2, 0.25) is 0 Å². The number of carboxylic acids is 5. The fourth-order valence-electron chi connectivity index (χ4n) is 0.422. The van der Waals surface area contributed by atoms with E-state index in [0.29, 0.717) is 19.6 Å². The first-order valence-corrected chi connectivity index (χ1v) is 6.61. The molecule has 0 bridgehead atoms. The number of nitrogens with one attached hydrogen (secondary N) is 1. The monoisotopic (exact) mass is 372 g/mol. The van der Waals surface area contributed by atoms with Crippen molar-refractivity contribution < 1.29 is 49.5 Å². The molecular weight excluding hydrogens is 344 g/mol. The van der Waals surface area contributed by atoms with Crippen LogP contribution in [0.5, 0.6) is 0 Å². The third kappa shape index (κ3) is 739. The number of hydrogen-bond donors (Lipinski definition) is 7. The summed E-state index contributed by atoms with van der Waals surface area (Å²) in [5.74, 6) is -4.11. The van der Waals surface area contributed by atoms with Gasteiger partial charge in [0.2, 0.25) is 0 Å². The van der Waals surface area contributed by atoms with Gasteiger partial charge in [0, 0.05) is 47.3 Å². The molecule has 0 saturated heterocycles. The first kappa shape index (κ1) is 33.8. The van der Waals surface area contributed by atoms with Crippen LogP contribution in [0.15, 0.2) is 0 Å². The SMILES string of the molecule is CC(=O)O.CC(=O)O.CC(=O)O.CC(=O)O.NCCNCCC(=O)O. The largest absolute Gasteiger partial charge is 0.481 e. The number of carbonyl (C=O) groups is 5. The second-order valence-electron chi connectivity index (χ2n) is 3.76. The minimum Gasteiger partial charge on any atom is -0.481 e. The Morgan fingerprint density at radius 2 is 0.920 bits per heavy atom. The van der Waals surface area contributed by atoms with Crippen molar-refractivity contribution in [2.45, 2.75) is 34.1 Å². The van der Waals surface area contributed by atoms with Crippen LogP contribution in [0.1, 0.15) is 34.1 Å². The average molecular weight is 372 g/mol. The molecule has 0 rings (SSSR count). The molecule has 0 aromatic carbocycles. The smallest absolute Gasteiger partial charge is 0.304 e. The molecule has 0 fully saturated rings. The topological polar surface area (TPSA) is 225 Å². The molecule has 0 atom stereocenters. The third-order valence-corrected chi connectivity index (χ3v) is 0.837. The number of aliphatic carboxylic acids is 5. The molecule has 0 saturated carbocycles. The molecule has 0 aromatic heterocycles. The fourth-order valence-corrected chi connectivity index (χ4v) is 0.422. The number of nitrogens with two attached hydrogens (primary N) is 1. The van der Waals surface area contributed by atoms with Crippen LogP contribution >= 0.6 is 0 Å². The normalized spacial score (nSPS) is 7.40. The van der Waals surface area contributed by atoms with Crippen molar-refractivity contribution >= 4 is 29.8 Å². The molecule has 0 aliphatic carbocycles. The Morgan fingerprint density at radius 3 is 1.08 bits per heavy atom. The maximum atomic E-state index is 9.89. The van der Waals surface area contributed by atoms with Gasteiger partial charge < -0.3 is 36.6 Å². The Hall–Kier alpha value is -2.73. The summed E-state index contributed by atoms with van der Waals surface area (Å²) in [7, 11) is 0. The summed E-state index contributed by atoms with van der Waals surface area (Å²) in [6, 6.07) is 0. The molecule has 0 heterocycles. The Labute approximate surface area is 145 Å². The highest BCUT2D eigenvalue weighted by Crippen LogP contribution is 1.72. The predicted molar refractivity (Wildman–Crippen MR) is 87.4 cm³/mol. The highest BCUT2D eigenvalue weighted by Gasteiger charge is 1.92. The second-order valence-corrected chi connectivity index (χ2v) is 3.76. The van der Waals surface area contributed by atoms with E-state index in [1.807, 2.05) is 0 Å². The Kier molecular flexibility index (Phi) is 39.6. The molecule has 0 aliphatic heterocycles. The minimum atomic E-state index is -0.833. The van der Waals surface area contributed by atoms with E-state index in [1.54, 1.807) is 0 Å². The molecule has 0 unspecified atom stereocenters.